The first-order chi connectivity index (χ1) is 11.7. The van der Waals surface area contributed by atoms with Crippen molar-refractivity contribution < 1.29 is 14.6 Å². The molecule has 2 fully saturated rings. The highest BCUT2D eigenvalue weighted by atomic mass is 32.2. The molecular formula is C20H32O3S. The number of ether oxygens (including phenoxy) is 1. The lowest BCUT2D eigenvalue weighted by Crippen LogP contribution is -2.27. The number of thioether (sulfide) groups is 1. The third-order valence-electron chi connectivity index (χ3n) is 5.22. The van der Waals surface area contributed by atoms with Gasteiger partial charge in [0.15, 0.2) is 0 Å². The molecule has 0 aromatic heterocycles. The van der Waals surface area contributed by atoms with Gasteiger partial charge in [-0.25, -0.2) is 0 Å². The first kappa shape index (κ1) is 19.6. The molecule has 0 spiro atoms. The van der Waals surface area contributed by atoms with Gasteiger partial charge in [0.1, 0.15) is 0 Å². The van der Waals surface area contributed by atoms with Crippen LogP contribution in [0.5, 0.6) is 0 Å². The molecule has 3 nitrogen and oxygen atoms in total. The first-order valence-corrected chi connectivity index (χ1v) is 10.6. The van der Waals surface area contributed by atoms with E-state index in [4.69, 9.17) is 9.84 Å². The van der Waals surface area contributed by atoms with E-state index in [1.165, 1.54) is 37.2 Å². The Bertz CT molecular complexity index is 421. The van der Waals surface area contributed by atoms with Crippen LogP contribution in [0.3, 0.4) is 0 Å². The van der Waals surface area contributed by atoms with Crippen LogP contribution < -0.4 is 0 Å². The fraction of sp³-hybridized carbons (Fsp3) is 0.750. The number of hydrogen-bond donors (Lipinski definition) is 1. The van der Waals surface area contributed by atoms with Crippen molar-refractivity contribution in [1.82, 2.24) is 0 Å². The van der Waals surface area contributed by atoms with E-state index in [0.29, 0.717) is 18.1 Å². The number of carboxylic acid groups (broad SMARTS) is 1. The number of hydrogen-bond acceptors (Lipinski definition) is 3. The van der Waals surface area contributed by atoms with Gasteiger partial charge in [0.25, 0.3) is 0 Å². The molecule has 136 valence electrons. The summed E-state index contributed by atoms with van der Waals surface area (Å²) in [4.78, 5) is 10.5. The molecule has 2 heterocycles. The summed E-state index contributed by atoms with van der Waals surface area (Å²) >= 11 is 2.07. The van der Waals surface area contributed by atoms with Crippen LogP contribution >= 0.6 is 11.8 Å². The Balaban J connectivity index is 1.66. The Kier molecular flexibility index (Phi) is 8.97. The summed E-state index contributed by atoms with van der Waals surface area (Å²) < 4.78 is 6.17. The quantitative estimate of drug-likeness (QED) is 0.371. The minimum Gasteiger partial charge on any atom is -0.481 e. The largest absolute Gasteiger partial charge is 0.481 e. The smallest absolute Gasteiger partial charge is 0.303 e. The molecule has 0 saturated carbocycles. The van der Waals surface area contributed by atoms with Crippen LogP contribution in [0.15, 0.2) is 24.8 Å². The van der Waals surface area contributed by atoms with Crippen LogP contribution in [0.25, 0.3) is 0 Å². The molecule has 0 amide bonds. The van der Waals surface area contributed by atoms with Crippen LogP contribution in [0.4, 0.5) is 0 Å². The monoisotopic (exact) mass is 352 g/mol. The van der Waals surface area contributed by atoms with Gasteiger partial charge in [-0.3, -0.25) is 4.79 Å². The Morgan fingerprint density at radius 3 is 2.67 bits per heavy atom. The van der Waals surface area contributed by atoms with Crippen molar-refractivity contribution in [2.24, 2.45) is 11.8 Å². The molecule has 2 bridgehead atoms. The van der Waals surface area contributed by atoms with E-state index in [-0.39, 0.29) is 6.42 Å². The van der Waals surface area contributed by atoms with Crippen molar-refractivity contribution in [2.75, 3.05) is 11.5 Å². The van der Waals surface area contributed by atoms with Gasteiger partial charge in [-0.15, -0.1) is 6.58 Å². The average molecular weight is 353 g/mol. The Hall–Kier alpha value is -0.740. The highest BCUT2D eigenvalue weighted by Gasteiger charge is 2.47. The zero-order valence-electron chi connectivity index (χ0n) is 14.7. The molecule has 0 aromatic rings. The normalized spacial score (nSPS) is 28.7. The summed E-state index contributed by atoms with van der Waals surface area (Å²) in [7, 11) is 0. The summed E-state index contributed by atoms with van der Waals surface area (Å²) in [6.45, 7) is 3.77. The van der Waals surface area contributed by atoms with E-state index in [0.717, 1.165) is 31.6 Å². The number of fused-ring (bicyclic) bond motifs is 2. The van der Waals surface area contributed by atoms with Gasteiger partial charge in [0, 0.05) is 6.42 Å². The highest BCUT2D eigenvalue weighted by molar-refractivity contribution is 7.99. The molecular weight excluding hydrogens is 320 g/mol. The Morgan fingerprint density at radius 2 is 1.92 bits per heavy atom. The van der Waals surface area contributed by atoms with Crippen molar-refractivity contribution >= 4 is 17.7 Å². The summed E-state index contributed by atoms with van der Waals surface area (Å²) in [5.74, 6) is 3.18. The van der Waals surface area contributed by atoms with Crippen molar-refractivity contribution in [3.05, 3.63) is 24.8 Å². The maximum absolute atomic E-state index is 10.5. The zero-order chi connectivity index (χ0) is 17.2. The lowest BCUT2D eigenvalue weighted by molar-refractivity contribution is -0.137. The van der Waals surface area contributed by atoms with Crippen molar-refractivity contribution in [3.8, 4) is 0 Å². The van der Waals surface area contributed by atoms with Crippen LogP contribution in [-0.2, 0) is 9.53 Å². The predicted octanol–water partition coefficient (Wildman–Crippen LogP) is 5.07. The lowest BCUT2D eigenvalue weighted by Gasteiger charge is -2.27. The fourth-order valence-corrected chi connectivity index (χ4v) is 5.00. The predicted molar refractivity (Wildman–Crippen MR) is 101 cm³/mol. The zero-order valence-corrected chi connectivity index (χ0v) is 15.5. The van der Waals surface area contributed by atoms with E-state index in [2.05, 4.69) is 30.5 Å². The second kappa shape index (κ2) is 11.0. The maximum atomic E-state index is 10.5. The minimum absolute atomic E-state index is 0.271. The fourth-order valence-electron chi connectivity index (χ4n) is 3.99. The van der Waals surface area contributed by atoms with Crippen molar-refractivity contribution in [1.29, 1.82) is 0 Å². The molecule has 2 aliphatic rings. The van der Waals surface area contributed by atoms with Gasteiger partial charge < -0.3 is 9.84 Å². The van der Waals surface area contributed by atoms with E-state index in [9.17, 15) is 4.79 Å². The Morgan fingerprint density at radius 1 is 1.12 bits per heavy atom. The topological polar surface area (TPSA) is 46.5 Å². The number of allylic oxidation sites excluding steroid dienone is 3. The van der Waals surface area contributed by atoms with Crippen LogP contribution in [0.2, 0.25) is 0 Å². The van der Waals surface area contributed by atoms with Gasteiger partial charge in [-0.05, 0) is 74.7 Å². The lowest BCUT2D eigenvalue weighted by atomic mass is 9.76. The Labute approximate surface area is 150 Å². The second-order valence-electron chi connectivity index (χ2n) is 6.94. The van der Waals surface area contributed by atoms with Crippen molar-refractivity contribution in [2.45, 2.75) is 70.0 Å². The molecule has 0 unspecified atom stereocenters. The molecule has 2 saturated heterocycles. The number of rotatable bonds is 13. The summed E-state index contributed by atoms with van der Waals surface area (Å²) in [6, 6.07) is 0. The number of aliphatic carboxylic acids is 1. The van der Waals surface area contributed by atoms with Crippen LogP contribution in [0, 0.1) is 11.8 Å². The van der Waals surface area contributed by atoms with E-state index >= 15 is 0 Å². The molecule has 0 radical (unpaired) electrons. The SMILES string of the molecule is C=CCCCSCC[C@H]1[C@@H](C/C=C\CCCC(=O)O)[C@H]2CC[C@@H]1O2. The molecule has 2 aliphatic heterocycles. The summed E-state index contributed by atoms with van der Waals surface area (Å²) in [6.07, 6.45) is 16.5. The van der Waals surface area contributed by atoms with Gasteiger partial charge in [0.2, 0.25) is 0 Å². The number of carbonyl (C=O) groups is 1. The molecule has 4 heteroatoms. The highest BCUT2D eigenvalue weighted by Crippen LogP contribution is 2.47. The molecule has 4 atom stereocenters. The van der Waals surface area contributed by atoms with E-state index in [1.807, 2.05) is 6.08 Å². The number of unbranched alkanes of at least 4 members (excludes halogenated alkanes) is 2. The summed E-state index contributed by atoms with van der Waals surface area (Å²) in [5.41, 5.74) is 0. The number of carboxylic acids is 1. The van der Waals surface area contributed by atoms with E-state index in [1.54, 1.807) is 0 Å². The molecule has 0 aliphatic carbocycles. The molecule has 24 heavy (non-hydrogen) atoms. The minimum atomic E-state index is -0.699. The van der Waals surface area contributed by atoms with E-state index < -0.39 is 5.97 Å². The maximum Gasteiger partial charge on any atom is 0.303 e. The van der Waals surface area contributed by atoms with Crippen LogP contribution in [-0.4, -0.2) is 34.8 Å². The molecule has 0 aromatic carbocycles. The molecule has 2 rings (SSSR count). The van der Waals surface area contributed by atoms with Gasteiger partial charge >= 0.3 is 5.97 Å². The first-order valence-electron chi connectivity index (χ1n) is 9.43. The van der Waals surface area contributed by atoms with Gasteiger partial charge in [-0.1, -0.05) is 18.2 Å². The second-order valence-corrected chi connectivity index (χ2v) is 8.17. The van der Waals surface area contributed by atoms with Crippen molar-refractivity contribution in [3.63, 3.8) is 0 Å². The third kappa shape index (κ3) is 6.29. The van der Waals surface area contributed by atoms with Gasteiger partial charge in [0.05, 0.1) is 12.2 Å². The van der Waals surface area contributed by atoms with Gasteiger partial charge in [-0.2, -0.15) is 11.8 Å². The third-order valence-corrected chi connectivity index (χ3v) is 6.32. The standard InChI is InChI=1S/C20H32O3S/c1-2-3-8-14-24-15-13-17-16(18-11-12-19(17)23-18)9-6-4-5-7-10-20(21)22/h2,4,6,16-19H,1,3,5,7-15H2,(H,21,22)/b6-4-/t16-,17+,18-,19+/m1/s1. The average Bonchev–Trinajstić information content (AvgIpc) is 3.15. The molecule has 1 N–H and O–H groups in total. The summed E-state index contributed by atoms with van der Waals surface area (Å²) in [5, 5.41) is 8.65. The van der Waals surface area contributed by atoms with Crippen LogP contribution in [0.1, 0.15) is 57.8 Å².